The van der Waals surface area contributed by atoms with Crippen LogP contribution < -0.4 is 10.6 Å². The van der Waals surface area contributed by atoms with E-state index in [1.807, 2.05) is 0 Å². The maximum Gasteiger partial charge on any atom is 0.417 e. The van der Waals surface area contributed by atoms with Gasteiger partial charge >= 0.3 is 12.2 Å². The molecule has 8 heteroatoms. The fraction of sp³-hybridized carbons (Fsp3) is 0.538. The van der Waals surface area contributed by atoms with Crippen LogP contribution in [0.4, 0.5) is 23.8 Å². The van der Waals surface area contributed by atoms with Crippen molar-refractivity contribution in [3.63, 3.8) is 0 Å². The molecule has 4 nitrogen and oxygen atoms in total. The lowest BCUT2D eigenvalue weighted by atomic mass is 9.96. The third-order valence-corrected chi connectivity index (χ3v) is 3.63. The summed E-state index contributed by atoms with van der Waals surface area (Å²) in [5, 5.41) is 4.90. The summed E-state index contributed by atoms with van der Waals surface area (Å²) in [7, 11) is 0. The maximum absolute atomic E-state index is 12.5. The second kappa shape index (κ2) is 6.51. The first-order valence-electron chi connectivity index (χ1n) is 6.66. The molecule has 2 rings (SSSR count). The molecule has 21 heavy (non-hydrogen) atoms. The smallest absolute Gasteiger partial charge is 0.335 e. The molecule has 0 radical (unpaired) electrons. The standard InChI is InChI=1S/C13H15ClF3N3O/c14-10-6-8(13(15,16)17)7-18-11(10)20-12(21)19-9-4-2-1-3-5-9/h6-7,9H,1-5H2,(H2,18,19,20,21). The van der Waals surface area contributed by atoms with Gasteiger partial charge in [-0.25, -0.2) is 9.78 Å². The Hall–Kier alpha value is -1.50. The first kappa shape index (κ1) is 15.9. The van der Waals surface area contributed by atoms with Gasteiger partial charge in [-0.05, 0) is 18.9 Å². The molecule has 0 bridgehead atoms. The Bertz CT molecular complexity index is 516. The van der Waals surface area contributed by atoms with Gasteiger partial charge in [-0.1, -0.05) is 30.9 Å². The van der Waals surface area contributed by atoms with Crippen molar-refractivity contribution >= 4 is 23.4 Å². The average molecular weight is 322 g/mol. The van der Waals surface area contributed by atoms with Crippen molar-refractivity contribution in [1.29, 1.82) is 0 Å². The Kier molecular flexibility index (Phi) is 4.92. The van der Waals surface area contributed by atoms with Gasteiger partial charge in [-0.2, -0.15) is 13.2 Å². The maximum atomic E-state index is 12.5. The summed E-state index contributed by atoms with van der Waals surface area (Å²) < 4.78 is 37.4. The molecule has 0 spiro atoms. The van der Waals surface area contributed by atoms with Crippen LogP contribution in [0.2, 0.25) is 5.02 Å². The van der Waals surface area contributed by atoms with Gasteiger partial charge in [0, 0.05) is 12.2 Å². The molecular weight excluding hydrogens is 307 g/mol. The summed E-state index contributed by atoms with van der Waals surface area (Å²) in [6, 6.07) is 0.327. The molecule has 116 valence electrons. The number of nitrogens with zero attached hydrogens (tertiary/aromatic N) is 1. The van der Waals surface area contributed by atoms with E-state index in [4.69, 9.17) is 11.6 Å². The number of aromatic nitrogens is 1. The number of halogens is 4. The second-order valence-electron chi connectivity index (χ2n) is 4.99. The number of carbonyl (C=O) groups is 1. The number of pyridine rings is 1. The molecule has 0 unspecified atom stereocenters. The molecule has 0 aromatic carbocycles. The largest absolute Gasteiger partial charge is 0.417 e. The van der Waals surface area contributed by atoms with Crippen LogP contribution in [0.25, 0.3) is 0 Å². The highest BCUT2D eigenvalue weighted by Gasteiger charge is 2.31. The highest BCUT2D eigenvalue weighted by molar-refractivity contribution is 6.33. The van der Waals surface area contributed by atoms with E-state index in [-0.39, 0.29) is 16.9 Å². The molecule has 1 saturated carbocycles. The quantitative estimate of drug-likeness (QED) is 0.857. The van der Waals surface area contributed by atoms with Gasteiger partial charge in [-0.3, -0.25) is 5.32 Å². The first-order chi connectivity index (χ1) is 9.86. The first-order valence-corrected chi connectivity index (χ1v) is 7.04. The van der Waals surface area contributed by atoms with Crippen LogP contribution in [-0.4, -0.2) is 17.1 Å². The lowest BCUT2D eigenvalue weighted by Gasteiger charge is -2.22. The minimum Gasteiger partial charge on any atom is -0.335 e. The van der Waals surface area contributed by atoms with E-state index in [0.717, 1.165) is 38.2 Å². The van der Waals surface area contributed by atoms with E-state index in [0.29, 0.717) is 6.20 Å². The van der Waals surface area contributed by atoms with E-state index in [2.05, 4.69) is 15.6 Å². The van der Waals surface area contributed by atoms with Crippen molar-refractivity contribution in [2.75, 3.05) is 5.32 Å². The van der Waals surface area contributed by atoms with Crippen molar-refractivity contribution in [3.05, 3.63) is 22.8 Å². The van der Waals surface area contributed by atoms with Crippen LogP contribution in [0.5, 0.6) is 0 Å². The number of hydrogen-bond acceptors (Lipinski definition) is 2. The van der Waals surface area contributed by atoms with E-state index in [9.17, 15) is 18.0 Å². The van der Waals surface area contributed by atoms with Crippen LogP contribution in [0, 0.1) is 0 Å². The Morgan fingerprint density at radius 3 is 2.52 bits per heavy atom. The van der Waals surface area contributed by atoms with Gasteiger partial charge in [-0.15, -0.1) is 0 Å². The molecule has 1 heterocycles. The van der Waals surface area contributed by atoms with Gasteiger partial charge in [0.15, 0.2) is 5.82 Å². The number of rotatable bonds is 2. The van der Waals surface area contributed by atoms with Gasteiger partial charge < -0.3 is 5.32 Å². The van der Waals surface area contributed by atoms with Crippen LogP contribution in [-0.2, 0) is 6.18 Å². The number of alkyl halides is 3. The molecule has 2 N–H and O–H groups in total. The summed E-state index contributed by atoms with van der Waals surface area (Å²) in [5.74, 6) is -0.0852. The predicted octanol–water partition coefficient (Wildman–Crippen LogP) is 4.21. The van der Waals surface area contributed by atoms with Crippen molar-refractivity contribution in [1.82, 2.24) is 10.3 Å². The minimum absolute atomic E-state index is 0.0852. The number of carbonyl (C=O) groups excluding carboxylic acids is 1. The molecule has 1 aliphatic carbocycles. The normalized spacial score (nSPS) is 16.6. The lowest BCUT2D eigenvalue weighted by molar-refractivity contribution is -0.137. The molecule has 0 atom stereocenters. The Morgan fingerprint density at radius 1 is 1.29 bits per heavy atom. The van der Waals surface area contributed by atoms with Crippen LogP contribution in [0.15, 0.2) is 12.3 Å². The number of anilines is 1. The molecule has 0 aliphatic heterocycles. The van der Waals surface area contributed by atoms with Gasteiger partial charge in [0.05, 0.1) is 10.6 Å². The van der Waals surface area contributed by atoms with Gasteiger partial charge in [0.2, 0.25) is 0 Å². The third kappa shape index (κ3) is 4.49. The van der Waals surface area contributed by atoms with Crippen molar-refractivity contribution in [2.45, 2.75) is 44.3 Å². The fourth-order valence-electron chi connectivity index (χ4n) is 2.26. The zero-order valence-corrected chi connectivity index (χ0v) is 11.9. The Balaban J connectivity index is 1.97. The van der Waals surface area contributed by atoms with Crippen molar-refractivity contribution in [3.8, 4) is 0 Å². The third-order valence-electron chi connectivity index (χ3n) is 3.34. The number of amides is 2. The fourth-order valence-corrected chi connectivity index (χ4v) is 2.47. The van der Waals surface area contributed by atoms with Gasteiger partial charge in [0.25, 0.3) is 0 Å². The number of nitrogens with one attached hydrogen (secondary N) is 2. The molecule has 1 fully saturated rings. The zero-order valence-electron chi connectivity index (χ0n) is 11.1. The molecule has 1 aromatic heterocycles. The van der Waals surface area contributed by atoms with Crippen LogP contribution in [0.1, 0.15) is 37.7 Å². The molecular formula is C13H15ClF3N3O. The second-order valence-corrected chi connectivity index (χ2v) is 5.39. The molecule has 1 aliphatic rings. The highest BCUT2D eigenvalue weighted by Crippen LogP contribution is 2.32. The monoisotopic (exact) mass is 321 g/mol. The topological polar surface area (TPSA) is 54.0 Å². The minimum atomic E-state index is -4.51. The van der Waals surface area contributed by atoms with E-state index in [1.165, 1.54) is 0 Å². The van der Waals surface area contributed by atoms with E-state index in [1.54, 1.807) is 0 Å². The number of urea groups is 1. The Morgan fingerprint density at radius 2 is 1.95 bits per heavy atom. The van der Waals surface area contributed by atoms with Crippen molar-refractivity contribution in [2.24, 2.45) is 0 Å². The molecule has 1 aromatic rings. The van der Waals surface area contributed by atoms with E-state index < -0.39 is 17.8 Å². The summed E-state index contributed by atoms with van der Waals surface area (Å²) in [6.45, 7) is 0. The molecule has 2 amide bonds. The Labute approximate surface area is 125 Å². The van der Waals surface area contributed by atoms with Crippen LogP contribution in [0.3, 0.4) is 0 Å². The molecule has 0 saturated heterocycles. The average Bonchev–Trinajstić information content (AvgIpc) is 2.41. The zero-order chi connectivity index (χ0) is 15.5. The lowest BCUT2D eigenvalue weighted by Crippen LogP contribution is -2.39. The summed E-state index contributed by atoms with van der Waals surface area (Å²) >= 11 is 5.72. The highest BCUT2D eigenvalue weighted by atomic mass is 35.5. The summed E-state index contributed by atoms with van der Waals surface area (Å²) in [5.41, 5.74) is -0.953. The van der Waals surface area contributed by atoms with Crippen LogP contribution >= 0.6 is 11.6 Å². The predicted molar refractivity (Wildman–Crippen MR) is 73.3 cm³/mol. The number of hydrogen-bond donors (Lipinski definition) is 2. The van der Waals surface area contributed by atoms with Gasteiger partial charge in [0.1, 0.15) is 0 Å². The van der Waals surface area contributed by atoms with Crippen molar-refractivity contribution < 1.29 is 18.0 Å². The summed E-state index contributed by atoms with van der Waals surface area (Å²) in [6.07, 6.45) is 1.21. The summed E-state index contributed by atoms with van der Waals surface area (Å²) in [4.78, 5) is 15.3. The van der Waals surface area contributed by atoms with E-state index >= 15 is 0 Å². The SMILES string of the molecule is O=C(Nc1ncc(C(F)(F)F)cc1Cl)NC1CCCCC1.